The average Bonchev–Trinajstić information content (AvgIpc) is 2.56. The standard InChI is InChI=1S/C14H14O/c1-2-7-11-14(10-6-1)15-12-13-8-4-3-5-9-13/h1-10H,11-12H2. The number of hydrogen-bond donors (Lipinski definition) is 0. The predicted octanol–water partition coefficient (Wildman–Crippen LogP) is 3.60. The van der Waals surface area contributed by atoms with Gasteiger partial charge in [-0.15, -0.1) is 0 Å². The first-order valence-electron chi connectivity index (χ1n) is 5.14. The summed E-state index contributed by atoms with van der Waals surface area (Å²) in [6.07, 6.45) is 11.0. The van der Waals surface area contributed by atoms with E-state index in [1.54, 1.807) is 0 Å². The lowest BCUT2D eigenvalue weighted by Crippen LogP contribution is -1.92. The third-order valence-electron chi connectivity index (χ3n) is 2.23. The molecule has 0 heterocycles. The quantitative estimate of drug-likeness (QED) is 0.721. The maximum atomic E-state index is 5.71. The van der Waals surface area contributed by atoms with Crippen molar-refractivity contribution in [3.05, 3.63) is 72.0 Å². The van der Waals surface area contributed by atoms with Crippen molar-refractivity contribution in [1.82, 2.24) is 0 Å². The fraction of sp³-hybridized carbons (Fsp3) is 0.143. The first-order chi connectivity index (χ1) is 7.45. The Balaban J connectivity index is 1.91. The molecule has 0 bridgehead atoms. The van der Waals surface area contributed by atoms with Crippen molar-refractivity contribution in [2.45, 2.75) is 13.0 Å². The van der Waals surface area contributed by atoms with Crippen LogP contribution in [0.5, 0.6) is 0 Å². The second-order valence-electron chi connectivity index (χ2n) is 3.42. The largest absolute Gasteiger partial charge is 0.493 e. The van der Waals surface area contributed by atoms with Gasteiger partial charge in [0.15, 0.2) is 0 Å². The summed E-state index contributed by atoms with van der Waals surface area (Å²) in [7, 11) is 0. The molecule has 0 fully saturated rings. The molecule has 1 aliphatic carbocycles. The molecule has 0 amide bonds. The van der Waals surface area contributed by atoms with Crippen LogP contribution >= 0.6 is 0 Å². The van der Waals surface area contributed by atoms with Crippen LogP contribution in [0.25, 0.3) is 0 Å². The van der Waals surface area contributed by atoms with Crippen LogP contribution in [0, 0.1) is 0 Å². The molecule has 0 unspecified atom stereocenters. The number of allylic oxidation sites excluding steroid dienone is 5. The summed E-state index contributed by atoms with van der Waals surface area (Å²) in [6, 6.07) is 10.2. The molecule has 0 atom stereocenters. The Bertz CT molecular complexity index is 385. The van der Waals surface area contributed by atoms with Gasteiger partial charge in [-0.05, 0) is 11.6 Å². The Hall–Kier alpha value is -1.76. The van der Waals surface area contributed by atoms with Gasteiger partial charge in [0.05, 0.1) is 0 Å². The highest BCUT2D eigenvalue weighted by atomic mass is 16.5. The van der Waals surface area contributed by atoms with Gasteiger partial charge in [-0.3, -0.25) is 0 Å². The van der Waals surface area contributed by atoms with E-state index in [0.717, 1.165) is 12.2 Å². The number of ether oxygens (including phenoxy) is 1. The van der Waals surface area contributed by atoms with Crippen LogP contribution in [-0.4, -0.2) is 0 Å². The van der Waals surface area contributed by atoms with Crippen LogP contribution in [0.4, 0.5) is 0 Å². The minimum Gasteiger partial charge on any atom is -0.493 e. The van der Waals surface area contributed by atoms with Crippen molar-refractivity contribution < 1.29 is 4.74 Å². The smallest absolute Gasteiger partial charge is 0.113 e. The summed E-state index contributed by atoms with van der Waals surface area (Å²) in [5.74, 6) is 1.02. The Morgan fingerprint density at radius 1 is 1.00 bits per heavy atom. The fourth-order valence-electron chi connectivity index (χ4n) is 1.42. The molecular weight excluding hydrogens is 184 g/mol. The molecule has 2 rings (SSSR count). The summed E-state index contributed by atoms with van der Waals surface area (Å²) in [6.45, 7) is 0.647. The summed E-state index contributed by atoms with van der Waals surface area (Å²) in [5.41, 5.74) is 1.20. The first-order valence-corrected chi connectivity index (χ1v) is 5.14. The third-order valence-corrected chi connectivity index (χ3v) is 2.23. The molecule has 76 valence electrons. The molecule has 1 aromatic carbocycles. The van der Waals surface area contributed by atoms with Crippen molar-refractivity contribution >= 4 is 0 Å². The second-order valence-corrected chi connectivity index (χ2v) is 3.42. The zero-order valence-corrected chi connectivity index (χ0v) is 8.60. The molecule has 1 nitrogen and oxygen atoms in total. The Labute approximate surface area is 90.4 Å². The average molecular weight is 198 g/mol. The highest BCUT2D eigenvalue weighted by Gasteiger charge is 1.97. The van der Waals surface area contributed by atoms with Crippen LogP contribution in [-0.2, 0) is 11.3 Å². The number of benzene rings is 1. The zero-order chi connectivity index (χ0) is 10.3. The normalized spacial score (nSPS) is 14.5. The lowest BCUT2D eigenvalue weighted by Gasteiger charge is -2.07. The van der Waals surface area contributed by atoms with Gasteiger partial charge in [-0.2, -0.15) is 0 Å². The highest BCUT2D eigenvalue weighted by Crippen LogP contribution is 2.11. The molecule has 1 heteroatoms. The maximum absolute atomic E-state index is 5.71. The van der Waals surface area contributed by atoms with Gasteiger partial charge in [0.2, 0.25) is 0 Å². The summed E-state index contributed by atoms with van der Waals surface area (Å²) >= 11 is 0. The van der Waals surface area contributed by atoms with E-state index in [4.69, 9.17) is 4.74 Å². The monoisotopic (exact) mass is 198 g/mol. The molecule has 0 saturated heterocycles. The van der Waals surface area contributed by atoms with E-state index in [-0.39, 0.29) is 0 Å². The molecule has 0 N–H and O–H groups in total. The van der Waals surface area contributed by atoms with Gasteiger partial charge < -0.3 is 4.74 Å². The van der Waals surface area contributed by atoms with Crippen molar-refractivity contribution in [1.29, 1.82) is 0 Å². The molecule has 0 aromatic heterocycles. The number of hydrogen-bond acceptors (Lipinski definition) is 1. The lowest BCUT2D eigenvalue weighted by molar-refractivity contribution is 0.194. The highest BCUT2D eigenvalue weighted by molar-refractivity contribution is 5.20. The molecule has 1 aliphatic rings. The third kappa shape index (κ3) is 3.13. The van der Waals surface area contributed by atoms with Gasteiger partial charge in [-0.25, -0.2) is 0 Å². The van der Waals surface area contributed by atoms with Gasteiger partial charge in [0, 0.05) is 6.42 Å². The molecule has 0 radical (unpaired) electrons. The lowest BCUT2D eigenvalue weighted by atomic mass is 10.2. The molecular formula is C14H14O. The van der Waals surface area contributed by atoms with Crippen molar-refractivity contribution in [3.8, 4) is 0 Å². The van der Waals surface area contributed by atoms with Crippen LogP contribution in [0.2, 0.25) is 0 Å². The molecule has 15 heavy (non-hydrogen) atoms. The van der Waals surface area contributed by atoms with E-state index >= 15 is 0 Å². The molecule has 0 spiro atoms. The van der Waals surface area contributed by atoms with E-state index in [0.29, 0.717) is 6.61 Å². The second kappa shape index (κ2) is 5.20. The van der Waals surface area contributed by atoms with Crippen LogP contribution in [0.1, 0.15) is 12.0 Å². The zero-order valence-electron chi connectivity index (χ0n) is 8.60. The number of rotatable bonds is 3. The van der Waals surface area contributed by atoms with E-state index < -0.39 is 0 Å². The van der Waals surface area contributed by atoms with Crippen LogP contribution in [0.3, 0.4) is 0 Å². The Kier molecular flexibility index (Phi) is 3.39. The Morgan fingerprint density at radius 2 is 1.87 bits per heavy atom. The van der Waals surface area contributed by atoms with Crippen molar-refractivity contribution in [2.75, 3.05) is 0 Å². The van der Waals surface area contributed by atoms with Crippen LogP contribution in [0.15, 0.2) is 66.5 Å². The molecule has 0 saturated carbocycles. The Morgan fingerprint density at radius 3 is 2.73 bits per heavy atom. The van der Waals surface area contributed by atoms with Gasteiger partial charge >= 0.3 is 0 Å². The van der Waals surface area contributed by atoms with Gasteiger partial charge in [0.1, 0.15) is 12.4 Å². The summed E-state index contributed by atoms with van der Waals surface area (Å²) < 4.78 is 5.71. The SMILES string of the molecule is C1=CC=C(OCc2ccccc2)CC=C1. The molecule has 0 aliphatic heterocycles. The van der Waals surface area contributed by atoms with E-state index in [1.165, 1.54) is 5.56 Å². The van der Waals surface area contributed by atoms with Crippen molar-refractivity contribution in [2.24, 2.45) is 0 Å². The van der Waals surface area contributed by atoms with E-state index in [9.17, 15) is 0 Å². The summed E-state index contributed by atoms with van der Waals surface area (Å²) in [5, 5.41) is 0. The summed E-state index contributed by atoms with van der Waals surface area (Å²) in [4.78, 5) is 0. The van der Waals surface area contributed by atoms with Crippen LogP contribution < -0.4 is 0 Å². The van der Waals surface area contributed by atoms with Gasteiger partial charge in [-0.1, -0.05) is 54.6 Å². The van der Waals surface area contributed by atoms with E-state index in [2.05, 4.69) is 18.2 Å². The minimum atomic E-state index is 0.647. The fourth-order valence-corrected chi connectivity index (χ4v) is 1.42. The minimum absolute atomic E-state index is 0.647. The van der Waals surface area contributed by atoms with Crippen molar-refractivity contribution in [3.63, 3.8) is 0 Å². The first kappa shape index (κ1) is 9.78. The molecule has 1 aromatic rings. The van der Waals surface area contributed by atoms with Gasteiger partial charge in [0.25, 0.3) is 0 Å². The topological polar surface area (TPSA) is 9.23 Å². The predicted molar refractivity (Wildman–Crippen MR) is 62.2 cm³/mol. The van der Waals surface area contributed by atoms with E-state index in [1.807, 2.05) is 42.5 Å². The maximum Gasteiger partial charge on any atom is 0.113 e.